The molecule has 3 heterocycles. The fourth-order valence-corrected chi connectivity index (χ4v) is 3.55. The van der Waals surface area contributed by atoms with E-state index in [2.05, 4.69) is 10.3 Å². The van der Waals surface area contributed by atoms with Crippen LogP contribution in [0, 0.1) is 0 Å². The molecule has 0 saturated heterocycles. The lowest BCUT2D eigenvalue weighted by atomic mass is 10.0. The average molecular weight is 336 g/mol. The van der Waals surface area contributed by atoms with Crippen LogP contribution in [-0.4, -0.2) is 29.1 Å². The molecule has 128 valence electrons. The standard InChI is InChI=1S/C19H20N4O2/c1-22-11-17(12-5-3-4-6-16(12)22)23(2)19(25)13-9-18(24)21-15-7-8-20-10-14(13)15/h3-6,9,11,20H,7-8,10H2,1-2H3,(H,21,24). The van der Waals surface area contributed by atoms with E-state index in [9.17, 15) is 9.59 Å². The largest absolute Gasteiger partial charge is 0.348 e. The number of pyridine rings is 1. The van der Waals surface area contributed by atoms with Crippen LogP contribution in [0.5, 0.6) is 0 Å². The smallest absolute Gasteiger partial charge is 0.258 e. The van der Waals surface area contributed by atoms with E-state index in [1.54, 1.807) is 11.9 Å². The molecule has 0 radical (unpaired) electrons. The molecule has 0 spiro atoms. The van der Waals surface area contributed by atoms with Crippen molar-refractivity contribution in [2.45, 2.75) is 13.0 Å². The molecule has 0 saturated carbocycles. The molecule has 2 N–H and O–H groups in total. The number of aromatic nitrogens is 2. The Labute approximate surface area is 145 Å². The van der Waals surface area contributed by atoms with E-state index in [0.29, 0.717) is 12.1 Å². The first kappa shape index (κ1) is 15.7. The van der Waals surface area contributed by atoms with Gasteiger partial charge in [-0.1, -0.05) is 18.2 Å². The molecule has 4 rings (SSSR count). The minimum absolute atomic E-state index is 0.164. The zero-order valence-electron chi connectivity index (χ0n) is 14.3. The molecule has 1 aliphatic rings. The summed E-state index contributed by atoms with van der Waals surface area (Å²) in [6.45, 7) is 1.40. The molecule has 2 aromatic heterocycles. The number of aryl methyl sites for hydroxylation is 1. The van der Waals surface area contributed by atoms with Crippen LogP contribution in [0.15, 0.2) is 41.3 Å². The number of para-hydroxylation sites is 1. The SMILES string of the molecule is CN(C(=O)c1cc(=O)[nH]c2c1CNCC2)c1cn(C)c2ccccc12. The van der Waals surface area contributed by atoms with E-state index < -0.39 is 0 Å². The van der Waals surface area contributed by atoms with Crippen LogP contribution in [0.4, 0.5) is 5.69 Å². The molecular formula is C19H20N4O2. The quantitative estimate of drug-likeness (QED) is 0.749. The number of carbonyl (C=O) groups is 1. The molecule has 6 heteroatoms. The summed E-state index contributed by atoms with van der Waals surface area (Å²) in [4.78, 5) is 29.6. The van der Waals surface area contributed by atoms with Gasteiger partial charge in [-0.05, 0) is 11.6 Å². The number of aromatic amines is 1. The van der Waals surface area contributed by atoms with Crippen LogP contribution < -0.4 is 15.8 Å². The maximum Gasteiger partial charge on any atom is 0.258 e. The van der Waals surface area contributed by atoms with Gasteiger partial charge in [0.05, 0.1) is 11.3 Å². The first-order valence-corrected chi connectivity index (χ1v) is 8.34. The Morgan fingerprint density at radius 1 is 1.28 bits per heavy atom. The van der Waals surface area contributed by atoms with Crippen molar-refractivity contribution in [3.63, 3.8) is 0 Å². The number of H-pyrrole nitrogens is 1. The molecule has 3 aromatic rings. The fraction of sp³-hybridized carbons (Fsp3) is 0.263. The zero-order chi connectivity index (χ0) is 17.6. The van der Waals surface area contributed by atoms with Gasteiger partial charge in [0.25, 0.3) is 5.91 Å². The van der Waals surface area contributed by atoms with Gasteiger partial charge >= 0.3 is 0 Å². The highest BCUT2D eigenvalue weighted by molar-refractivity contribution is 6.11. The highest BCUT2D eigenvalue weighted by Crippen LogP contribution is 2.29. The van der Waals surface area contributed by atoms with Crippen molar-refractivity contribution in [3.8, 4) is 0 Å². The molecule has 0 bridgehead atoms. The van der Waals surface area contributed by atoms with Gasteiger partial charge in [-0.3, -0.25) is 9.59 Å². The lowest BCUT2D eigenvalue weighted by Gasteiger charge is -2.22. The fourth-order valence-electron chi connectivity index (χ4n) is 3.55. The van der Waals surface area contributed by atoms with Gasteiger partial charge in [0, 0.05) is 62.5 Å². The van der Waals surface area contributed by atoms with Gasteiger partial charge in [0.2, 0.25) is 5.56 Å². The normalized spacial score (nSPS) is 13.7. The van der Waals surface area contributed by atoms with Gasteiger partial charge in [-0.2, -0.15) is 0 Å². The first-order chi connectivity index (χ1) is 12.1. The molecule has 25 heavy (non-hydrogen) atoms. The lowest BCUT2D eigenvalue weighted by molar-refractivity contribution is 0.0991. The van der Waals surface area contributed by atoms with Gasteiger partial charge in [-0.25, -0.2) is 0 Å². The van der Waals surface area contributed by atoms with Crippen LogP contribution >= 0.6 is 0 Å². The number of carbonyl (C=O) groups excluding carboxylic acids is 1. The van der Waals surface area contributed by atoms with Crippen molar-refractivity contribution in [1.82, 2.24) is 14.9 Å². The van der Waals surface area contributed by atoms with Crippen LogP contribution in [0.25, 0.3) is 10.9 Å². The summed E-state index contributed by atoms with van der Waals surface area (Å²) in [7, 11) is 3.72. The zero-order valence-corrected chi connectivity index (χ0v) is 14.3. The summed E-state index contributed by atoms with van der Waals surface area (Å²) in [5, 5.41) is 4.28. The Morgan fingerprint density at radius 2 is 2.08 bits per heavy atom. The highest BCUT2D eigenvalue weighted by atomic mass is 16.2. The summed E-state index contributed by atoms with van der Waals surface area (Å²) in [6, 6.07) is 9.38. The van der Waals surface area contributed by atoms with Crippen molar-refractivity contribution in [2.75, 3.05) is 18.5 Å². The highest BCUT2D eigenvalue weighted by Gasteiger charge is 2.24. The number of fused-ring (bicyclic) bond motifs is 2. The minimum atomic E-state index is -0.227. The second-order valence-electron chi connectivity index (χ2n) is 6.44. The average Bonchev–Trinajstić information content (AvgIpc) is 2.97. The molecule has 0 fully saturated rings. The first-order valence-electron chi connectivity index (χ1n) is 8.34. The number of hydrogen-bond acceptors (Lipinski definition) is 3. The molecule has 0 unspecified atom stereocenters. The van der Waals surface area contributed by atoms with E-state index >= 15 is 0 Å². The topological polar surface area (TPSA) is 70.1 Å². The third-order valence-electron chi connectivity index (χ3n) is 4.86. The summed E-state index contributed by atoms with van der Waals surface area (Å²) in [5.41, 5.74) is 3.90. The van der Waals surface area contributed by atoms with Gasteiger partial charge in [0.1, 0.15) is 0 Å². The molecule has 6 nitrogen and oxygen atoms in total. The van der Waals surface area contributed by atoms with Crippen LogP contribution in [0.1, 0.15) is 21.6 Å². The minimum Gasteiger partial charge on any atom is -0.348 e. The second-order valence-corrected chi connectivity index (χ2v) is 6.44. The number of amides is 1. The van der Waals surface area contributed by atoms with Gasteiger partial charge in [-0.15, -0.1) is 0 Å². The van der Waals surface area contributed by atoms with Crippen LogP contribution in [0.2, 0.25) is 0 Å². The van der Waals surface area contributed by atoms with Gasteiger partial charge in [0.15, 0.2) is 0 Å². The Balaban J connectivity index is 1.81. The molecule has 0 aliphatic carbocycles. The summed E-state index contributed by atoms with van der Waals surface area (Å²) >= 11 is 0. The third-order valence-corrected chi connectivity index (χ3v) is 4.86. The van der Waals surface area contributed by atoms with Crippen molar-refractivity contribution >= 4 is 22.5 Å². The molecule has 1 aromatic carbocycles. The Morgan fingerprint density at radius 3 is 2.92 bits per heavy atom. The summed E-state index contributed by atoms with van der Waals surface area (Å²) in [5.74, 6) is -0.164. The maximum absolute atomic E-state index is 13.2. The number of rotatable bonds is 2. The van der Waals surface area contributed by atoms with Crippen molar-refractivity contribution < 1.29 is 4.79 Å². The molecule has 1 aliphatic heterocycles. The Kier molecular flexibility index (Phi) is 3.69. The van der Waals surface area contributed by atoms with E-state index in [4.69, 9.17) is 0 Å². The molecule has 1 amide bonds. The molecular weight excluding hydrogens is 316 g/mol. The van der Waals surface area contributed by atoms with Crippen molar-refractivity contribution in [2.24, 2.45) is 7.05 Å². The van der Waals surface area contributed by atoms with E-state index in [1.807, 2.05) is 42.1 Å². The number of anilines is 1. The predicted octanol–water partition coefficient (Wildman–Crippen LogP) is 1.79. The summed E-state index contributed by atoms with van der Waals surface area (Å²) in [6.07, 6.45) is 2.67. The number of nitrogens with zero attached hydrogens (tertiary/aromatic N) is 2. The van der Waals surface area contributed by atoms with E-state index in [0.717, 1.165) is 40.8 Å². The third kappa shape index (κ3) is 2.55. The van der Waals surface area contributed by atoms with Crippen LogP contribution in [-0.2, 0) is 20.0 Å². The maximum atomic E-state index is 13.2. The number of hydrogen-bond donors (Lipinski definition) is 2. The van der Waals surface area contributed by atoms with Crippen LogP contribution in [0.3, 0.4) is 0 Å². The second kappa shape index (κ2) is 5.89. The molecule has 0 atom stereocenters. The Bertz CT molecular complexity index is 1030. The monoisotopic (exact) mass is 336 g/mol. The van der Waals surface area contributed by atoms with Crippen molar-refractivity contribution in [3.05, 3.63) is 63.7 Å². The predicted molar refractivity (Wildman–Crippen MR) is 98.1 cm³/mol. The van der Waals surface area contributed by atoms with Gasteiger partial charge < -0.3 is 19.8 Å². The van der Waals surface area contributed by atoms with E-state index in [-0.39, 0.29) is 11.5 Å². The van der Waals surface area contributed by atoms with Crippen molar-refractivity contribution in [1.29, 1.82) is 0 Å². The van der Waals surface area contributed by atoms with E-state index in [1.165, 1.54) is 6.07 Å². The Hall–Kier alpha value is -2.86. The lowest BCUT2D eigenvalue weighted by Crippen LogP contribution is -2.34. The number of nitrogens with one attached hydrogen (secondary N) is 2. The summed E-state index contributed by atoms with van der Waals surface area (Å²) < 4.78 is 2.00. The number of benzene rings is 1.